The van der Waals surface area contributed by atoms with Gasteiger partial charge in [0.2, 0.25) is 0 Å². The number of hydrogen-bond donors (Lipinski definition) is 1. The zero-order valence-corrected chi connectivity index (χ0v) is 15.3. The van der Waals surface area contributed by atoms with Gasteiger partial charge in [0, 0.05) is 12.1 Å². The second-order valence-electron chi connectivity index (χ2n) is 6.93. The average Bonchev–Trinajstić information content (AvgIpc) is 3.12. The van der Waals surface area contributed by atoms with Crippen molar-refractivity contribution in [1.82, 2.24) is 24.8 Å². The van der Waals surface area contributed by atoms with Crippen molar-refractivity contribution in [3.05, 3.63) is 18.0 Å². The summed E-state index contributed by atoms with van der Waals surface area (Å²) in [5.74, 6) is 0. The van der Waals surface area contributed by atoms with Crippen LogP contribution in [0.5, 0.6) is 0 Å². The highest BCUT2D eigenvalue weighted by Crippen LogP contribution is 2.32. The third-order valence-corrected chi connectivity index (χ3v) is 3.81. The molecule has 1 aliphatic heterocycles. The minimum atomic E-state index is -4.54. The molecule has 0 aromatic carbocycles. The number of aromatic nitrogens is 5. The molecule has 26 heavy (non-hydrogen) atoms. The lowest BCUT2D eigenvalue weighted by Crippen LogP contribution is -2.37. The molecule has 1 fully saturated rings. The molecule has 1 saturated heterocycles. The van der Waals surface area contributed by atoms with Gasteiger partial charge in [-0.05, 0) is 39.2 Å². The lowest BCUT2D eigenvalue weighted by Gasteiger charge is -2.21. The van der Waals surface area contributed by atoms with E-state index < -0.39 is 17.4 Å². The maximum atomic E-state index is 13.1. The third kappa shape index (κ3) is 4.74. The molecule has 7 nitrogen and oxygen atoms in total. The van der Waals surface area contributed by atoms with Gasteiger partial charge >= 0.3 is 6.18 Å². The van der Waals surface area contributed by atoms with Crippen LogP contribution >= 0.6 is 12.4 Å². The van der Waals surface area contributed by atoms with Crippen LogP contribution in [0.2, 0.25) is 0 Å². The molecule has 0 spiro atoms. The number of hydrogen-bond acceptors (Lipinski definition) is 5. The molecule has 146 valence electrons. The average molecular weight is 395 g/mol. The van der Waals surface area contributed by atoms with E-state index in [-0.39, 0.29) is 30.9 Å². The Morgan fingerprint density at radius 1 is 1.27 bits per heavy atom. The third-order valence-electron chi connectivity index (χ3n) is 3.81. The van der Waals surface area contributed by atoms with Crippen LogP contribution < -0.4 is 5.73 Å². The van der Waals surface area contributed by atoms with Crippen molar-refractivity contribution in [2.45, 2.75) is 57.6 Å². The monoisotopic (exact) mass is 394 g/mol. The molecule has 11 heteroatoms. The standard InChI is InChI=1S/C15H21F3N6O.ClH/c1-14(2,19)9-23-11(7-12(22-23)15(16,17)18)10-8-20-24(21-10)13-5-3-4-6-25-13;/h7-8,13H,3-6,9,19H2,1-2H3;1H. The lowest BCUT2D eigenvalue weighted by molar-refractivity contribution is -0.141. The summed E-state index contributed by atoms with van der Waals surface area (Å²) >= 11 is 0. The lowest BCUT2D eigenvalue weighted by atomic mass is 10.1. The van der Waals surface area contributed by atoms with E-state index in [9.17, 15) is 13.2 Å². The topological polar surface area (TPSA) is 83.8 Å². The van der Waals surface area contributed by atoms with Gasteiger partial charge in [-0.15, -0.1) is 17.5 Å². The summed E-state index contributed by atoms with van der Waals surface area (Å²) in [6.45, 7) is 4.18. The minimum absolute atomic E-state index is 0. The number of nitrogens with two attached hydrogens (primary N) is 1. The van der Waals surface area contributed by atoms with Gasteiger partial charge in [-0.1, -0.05) is 0 Å². The van der Waals surface area contributed by atoms with Crippen LogP contribution in [0.1, 0.15) is 45.0 Å². The summed E-state index contributed by atoms with van der Waals surface area (Å²) < 4.78 is 46.0. The van der Waals surface area contributed by atoms with E-state index in [0.29, 0.717) is 12.3 Å². The predicted molar refractivity (Wildman–Crippen MR) is 90.6 cm³/mol. The molecule has 2 aromatic heterocycles. The van der Waals surface area contributed by atoms with E-state index in [4.69, 9.17) is 10.5 Å². The van der Waals surface area contributed by atoms with Crippen molar-refractivity contribution < 1.29 is 17.9 Å². The van der Waals surface area contributed by atoms with Crippen molar-refractivity contribution in [1.29, 1.82) is 0 Å². The molecule has 3 rings (SSSR count). The fourth-order valence-corrected chi connectivity index (χ4v) is 2.71. The van der Waals surface area contributed by atoms with Crippen molar-refractivity contribution >= 4 is 12.4 Å². The first kappa shape index (κ1) is 20.7. The smallest absolute Gasteiger partial charge is 0.355 e. The molecule has 0 radical (unpaired) electrons. The number of nitrogens with zero attached hydrogens (tertiary/aromatic N) is 5. The van der Waals surface area contributed by atoms with Gasteiger partial charge in [-0.2, -0.15) is 28.2 Å². The normalized spacial score (nSPS) is 18.6. The predicted octanol–water partition coefficient (Wildman–Crippen LogP) is 3.02. The second-order valence-corrected chi connectivity index (χ2v) is 6.93. The van der Waals surface area contributed by atoms with E-state index in [2.05, 4.69) is 15.3 Å². The van der Waals surface area contributed by atoms with E-state index in [1.165, 1.54) is 15.7 Å². The zero-order chi connectivity index (χ0) is 18.2. The van der Waals surface area contributed by atoms with Gasteiger partial charge in [-0.3, -0.25) is 4.68 Å². The number of alkyl halides is 3. The summed E-state index contributed by atoms with van der Waals surface area (Å²) in [6.07, 6.45) is -0.642. The van der Waals surface area contributed by atoms with Crippen LogP contribution in [0.4, 0.5) is 13.2 Å². The van der Waals surface area contributed by atoms with Crippen LogP contribution in [0.3, 0.4) is 0 Å². The van der Waals surface area contributed by atoms with Crippen molar-refractivity contribution in [3.63, 3.8) is 0 Å². The van der Waals surface area contributed by atoms with E-state index in [1.807, 2.05) is 0 Å². The van der Waals surface area contributed by atoms with Crippen molar-refractivity contribution in [2.75, 3.05) is 6.61 Å². The molecule has 0 saturated carbocycles. The fraction of sp³-hybridized carbons (Fsp3) is 0.667. The fourth-order valence-electron chi connectivity index (χ4n) is 2.71. The highest BCUT2D eigenvalue weighted by molar-refractivity contribution is 5.85. The van der Waals surface area contributed by atoms with Gasteiger partial charge in [0.15, 0.2) is 11.9 Å². The Balaban J connectivity index is 0.00000243. The van der Waals surface area contributed by atoms with E-state index in [1.54, 1.807) is 13.8 Å². The first-order valence-corrected chi connectivity index (χ1v) is 8.11. The summed E-state index contributed by atoms with van der Waals surface area (Å²) in [5, 5.41) is 12.1. The van der Waals surface area contributed by atoms with Crippen LogP contribution in [0, 0.1) is 0 Å². The van der Waals surface area contributed by atoms with Gasteiger partial charge in [0.1, 0.15) is 5.69 Å². The molecule has 0 aliphatic carbocycles. The Morgan fingerprint density at radius 3 is 2.58 bits per heavy atom. The van der Waals surface area contributed by atoms with Crippen molar-refractivity contribution in [2.24, 2.45) is 5.73 Å². The molecule has 0 bridgehead atoms. The highest BCUT2D eigenvalue weighted by atomic mass is 35.5. The first-order chi connectivity index (χ1) is 11.6. The second kappa shape index (κ2) is 7.53. The summed E-state index contributed by atoms with van der Waals surface area (Å²) in [7, 11) is 0. The summed E-state index contributed by atoms with van der Waals surface area (Å²) in [6, 6.07) is 0.974. The van der Waals surface area contributed by atoms with Gasteiger partial charge in [0.05, 0.1) is 18.4 Å². The Hall–Kier alpha value is -1.65. The zero-order valence-electron chi connectivity index (χ0n) is 14.5. The molecule has 1 atom stereocenters. The molecular weight excluding hydrogens is 373 g/mol. The maximum Gasteiger partial charge on any atom is 0.435 e. The van der Waals surface area contributed by atoms with Crippen LogP contribution in [0.15, 0.2) is 12.3 Å². The maximum absolute atomic E-state index is 13.1. The Labute approximate surface area is 155 Å². The van der Waals surface area contributed by atoms with Gasteiger partial charge < -0.3 is 10.5 Å². The van der Waals surface area contributed by atoms with E-state index >= 15 is 0 Å². The van der Waals surface area contributed by atoms with Gasteiger partial charge in [0.25, 0.3) is 0 Å². The number of ether oxygens (including phenoxy) is 1. The largest absolute Gasteiger partial charge is 0.435 e. The van der Waals surface area contributed by atoms with Crippen LogP contribution in [0.25, 0.3) is 11.4 Å². The Kier molecular flexibility index (Phi) is 5.99. The molecule has 0 amide bonds. The molecule has 2 aromatic rings. The molecule has 1 unspecified atom stereocenters. The molecule has 1 aliphatic rings. The van der Waals surface area contributed by atoms with E-state index in [0.717, 1.165) is 25.3 Å². The SMILES string of the molecule is CC(C)(N)Cn1nc(C(F)(F)F)cc1-c1cnn(C2CCCCO2)n1.Cl. The summed E-state index contributed by atoms with van der Waals surface area (Å²) in [5.41, 5.74) is 4.78. The minimum Gasteiger partial charge on any atom is -0.355 e. The molecule has 2 N–H and O–H groups in total. The van der Waals surface area contributed by atoms with Gasteiger partial charge in [-0.25, -0.2) is 0 Å². The number of halogens is 4. The quantitative estimate of drug-likeness (QED) is 0.861. The Bertz CT molecular complexity index is 731. The molecule has 3 heterocycles. The summed E-state index contributed by atoms with van der Waals surface area (Å²) in [4.78, 5) is 1.41. The van der Waals surface area contributed by atoms with Crippen molar-refractivity contribution in [3.8, 4) is 11.4 Å². The molecular formula is C15H22ClF3N6O. The number of rotatable bonds is 4. The Morgan fingerprint density at radius 2 is 2.00 bits per heavy atom. The van der Waals surface area contributed by atoms with Crippen LogP contribution in [-0.4, -0.2) is 36.9 Å². The van der Waals surface area contributed by atoms with Crippen LogP contribution in [-0.2, 0) is 17.5 Å². The first-order valence-electron chi connectivity index (χ1n) is 8.11. The highest BCUT2D eigenvalue weighted by Gasteiger charge is 2.36.